The molecule has 0 fully saturated rings. The zero-order chi connectivity index (χ0) is 37.9. The van der Waals surface area contributed by atoms with Crippen molar-refractivity contribution in [3.63, 3.8) is 0 Å². The van der Waals surface area contributed by atoms with Gasteiger partial charge in [0.05, 0.1) is 5.69 Å². The normalized spacial score (nSPS) is 11.6. The van der Waals surface area contributed by atoms with Crippen LogP contribution in [0.1, 0.15) is 5.56 Å². The van der Waals surface area contributed by atoms with E-state index in [9.17, 15) is 0 Å². The summed E-state index contributed by atoms with van der Waals surface area (Å²) < 4.78 is 6.47. The smallest absolute Gasteiger partial charge is 0.137 e. The van der Waals surface area contributed by atoms with E-state index in [1.165, 1.54) is 71.3 Å². The molecular weight excluding hydrogens is 691 g/mol. The minimum absolute atomic E-state index is 0.867. The Hall–Kier alpha value is -7.42. The number of nitrogens with zero attached hydrogens (tertiary/aromatic N) is 1. The van der Waals surface area contributed by atoms with Crippen LogP contribution in [-0.4, -0.2) is 0 Å². The largest absolute Gasteiger partial charge is 0.456 e. The van der Waals surface area contributed by atoms with Crippen LogP contribution < -0.4 is 4.90 Å². The second kappa shape index (κ2) is 13.4. The van der Waals surface area contributed by atoms with Gasteiger partial charge in [0.15, 0.2) is 0 Å². The summed E-state index contributed by atoms with van der Waals surface area (Å²) in [6, 6.07) is 74.6. The number of furan rings is 1. The van der Waals surface area contributed by atoms with Gasteiger partial charge in [-0.2, -0.15) is 0 Å². The van der Waals surface area contributed by atoms with Gasteiger partial charge in [0.25, 0.3) is 0 Å². The van der Waals surface area contributed by atoms with Crippen molar-refractivity contribution in [2.45, 2.75) is 6.92 Å². The number of aryl methyl sites for hydroxylation is 1. The summed E-state index contributed by atoms with van der Waals surface area (Å²) in [5, 5.41) is 9.66. The van der Waals surface area contributed by atoms with Gasteiger partial charge in [-0.05, 0) is 109 Å². The second-order valence-electron chi connectivity index (χ2n) is 14.9. The van der Waals surface area contributed by atoms with Gasteiger partial charge in [-0.25, -0.2) is 0 Å². The molecule has 0 amide bonds. The van der Waals surface area contributed by atoms with Gasteiger partial charge in [-0.1, -0.05) is 164 Å². The highest BCUT2D eigenvalue weighted by Crippen LogP contribution is 2.45. The summed E-state index contributed by atoms with van der Waals surface area (Å²) in [5.74, 6) is 0. The first-order chi connectivity index (χ1) is 28.2. The summed E-state index contributed by atoms with van der Waals surface area (Å²) >= 11 is 0. The molecule has 268 valence electrons. The fourth-order valence-corrected chi connectivity index (χ4v) is 8.91. The number of fused-ring (bicyclic) bond motifs is 6. The van der Waals surface area contributed by atoms with Gasteiger partial charge < -0.3 is 9.32 Å². The van der Waals surface area contributed by atoms with Gasteiger partial charge >= 0.3 is 0 Å². The van der Waals surface area contributed by atoms with Crippen molar-refractivity contribution in [1.29, 1.82) is 0 Å². The molecule has 0 N–H and O–H groups in total. The molecule has 10 aromatic carbocycles. The van der Waals surface area contributed by atoms with E-state index in [2.05, 4.69) is 206 Å². The number of benzene rings is 10. The Morgan fingerprint density at radius 1 is 0.351 bits per heavy atom. The Morgan fingerprint density at radius 3 is 1.65 bits per heavy atom. The summed E-state index contributed by atoms with van der Waals surface area (Å²) in [6.45, 7) is 2.19. The lowest BCUT2D eigenvalue weighted by Crippen LogP contribution is -2.10. The molecule has 0 atom stereocenters. The number of anilines is 3. The average molecular weight is 728 g/mol. The predicted octanol–water partition coefficient (Wildman–Crippen LogP) is 15.8. The Kier molecular flexibility index (Phi) is 7.75. The first kappa shape index (κ1) is 33.0. The van der Waals surface area contributed by atoms with E-state index in [1.807, 2.05) is 12.1 Å². The highest BCUT2D eigenvalue weighted by molar-refractivity contribution is 6.12. The second-order valence-corrected chi connectivity index (χ2v) is 14.9. The molecule has 0 radical (unpaired) electrons. The monoisotopic (exact) mass is 727 g/mol. The summed E-state index contributed by atoms with van der Waals surface area (Å²) in [6.07, 6.45) is 0. The van der Waals surface area contributed by atoms with E-state index in [1.54, 1.807) is 0 Å². The van der Waals surface area contributed by atoms with Crippen LogP contribution in [0.25, 0.3) is 87.6 Å². The molecule has 0 aliphatic rings. The third-order valence-electron chi connectivity index (χ3n) is 11.6. The summed E-state index contributed by atoms with van der Waals surface area (Å²) in [4.78, 5) is 2.38. The topological polar surface area (TPSA) is 16.4 Å². The van der Waals surface area contributed by atoms with E-state index < -0.39 is 0 Å². The van der Waals surface area contributed by atoms with Crippen molar-refractivity contribution in [2.24, 2.45) is 0 Å². The van der Waals surface area contributed by atoms with Gasteiger partial charge in [-0.3, -0.25) is 0 Å². The lowest BCUT2D eigenvalue weighted by molar-refractivity contribution is 0.669. The van der Waals surface area contributed by atoms with Gasteiger partial charge in [0, 0.05) is 33.6 Å². The molecule has 1 heterocycles. The van der Waals surface area contributed by atoms with Crippen molar-refractivity contribution in [3.05, 3.63) is 212 Å². The molecule has 0 aliphatic carbocycles. The van der Waals surface area contributed by atoms with E-state index in [-0.39, 0.29) is 0 Å². The highest BCUT2D eigenvalue weighted by Gasteiger charge is 2.20. The first-order valence-electron chi connectivity index (χ1n) is 19.6. The van der Waals surface area contributed by atoms with E-state index in [4.69, 9.17) is 4.42 Å². The molecular formula is C55H37NO. The Labute approximate surface area is 331 Å². The zero-order valence-electron chi connectivity index (χ0n) is 31.5. The highest BCUT2D eigenvalue weighted by atomic mass is 16.3. The fraction of sp³-hybridized carbons (Fsp3) is 0.0182. The minimum Gasteiger partial charge on any atom is -0.456 e. The van der Waals surface area contributed by atoms with Gasteiger partial charge in [0.2, 0.25) is 0 Å². The molecule has 0 bridgehead atoms. The van der Waals surface area contributed by atoms with Crippen LogP contribution in [0.15, 0.2) is 211 Å². The lowest BCUT2D eigenvalue weighted by Gasteiger charge is -2.28. The number of rotatable bonds is 6. The van der Waals surface area contributed by atoms with Crippen molar-refractivity contribution >= 4 is 71.3 Å². The average Bonchev–Trinajstić information content (AvgIpc) is 3.65. The lowest BCUT2D eigenvalue weighted by atomic mass is 9.91. The van der Waals surface area contributed by atoms with Crippen molar-refractivity contribution in [2.75, 3.05) is 4.90 Å². The zero-order valence-corrected chi connectivity index (χ0v) is 31.5. The van der Waals surface area contributed by atoms with Crippen LogP contribution in [0.2, 0.25) is 0 Å². The van der Waals surface area contributed by atoms with Gasteiger partial charge in [-0.15, -0.1) is 0 Å². The van der Waals surface area contributed by atoms with Crippen LogP contribution in [0.4, 0.5) is 17.1 Å². The molecule has 2 heteroatoms. The molecule has 11 rings (SSSR count). The molecule has 2 nitrogen and oxygen atoms in total. The van der Waals surface area contributed by atoms with Crippen LogP contribution in [0, 0.1) is 6.92 Å². The van der Waals surface area contributed by atoms with E-state index in [0.717, 1.165) is 39.0 Å². The Balaban J connectivity index is 1.11. The number of hydrogen-bond donors (Lipinski definition) is 0. The molecule has 1 aromatic heterocycles. The number of hydrogen-bond acceptors (Lipinski definition) is 2. The van der Waals surface area contributed by atoms with Crippen LogP contribution in [0.3, 0.4) is 0 Å². The third-order valence-corrected chi connectivity index (χ3v) is 11.6. The standard InChI is InChI=1S/C55H37NO/c1-36-25-31-47(45-18-6-5-17-42(36)45)48-33-34-52(49-20-8-7-19-46(48)49)56(41-30-32-51-50-21-9-10-24-53(50)57-54(51)35-41)40-28-26-38(27-29-40)44-23-12-16-39-15-11-22-43(55(39)44)37-13-3-2-4-14-37/h2-35H,1H3. The van der Waals surface area contributed by atoms with Crippen LogP contribution in [0.5, 0.6) is 0 Å². The quantitative estimate of drug-likeness (QED) is 0.170. The molecule has 11 aromatic rings. The van der Waals surface area contributed by atoms with Crippen molar-refractivity contribution in [1.82, 2.24) is 0 Å². The molecule has 0 unspecified atom stereocenters. The molecule has 0 spiro atoms. The first-order valence-corrected chi connectivity index (χ1v) is 19.6. The third kappa shape index (κ3) is 5.49. The molecule has 57 heavy (non-hydrogen) atoms. The maximum Gasteiger partial charge on any atom is 0.137 e. The summed E-state index contributed by atoms with van der Waals surface area (Å²) in [5.41, 5.74) is 13.5. The molecule has 0 saturated carbocycles. The molecule has 0 aliphatic heterocycles. The van der Waals surface area contributed by atoms with Crippen LogP contribution >= 0.6 is 0 Å². The number of para-hydroxylation sites is 1. The Morgan fingerprint density at radius 2 is 0.912 bits per heavy atom. The van der Waals surface area contributed by atoms with Crippen molar-refractivity contribution < 1.29 is 4.42 Å². The van der Waals surface area contributed by atoms with Crippen molar-refractivity contribution in [3.8, 4) is 33.4 Å². The Bertz CT molecular complexity index is 3300. The summed E-state index contributed by atoms with van der Waals surface area (Å²) in [7, 11) is 0. The molecule has 0 saturated heterocycles. The van der Waals surface area contributed by atoms with Crippen LogP contribution in [-0.2, 0) is 0 Å². The maximum atomic E-state index is 6.47. The minimum atomic E-state index is 0.867. The van der Waals surface area contributed by atoms with E-state index in [0.29, 0.717) is 0 Å². The van der Waals surface area contributed by atoms with E-state index >= 15 is 0 Å². The SMILES string of the molecule is Cc1ccc(-c2ccc(N(c3ccc(-c4cccc5cccc(-c6ccccc6)c45)cc3)c3ccc4c(c3)oc3ccccc34)c3ccccc23)c2ccccc12. The van der Waals surface area contributed by atoms with Gasteiger partial charge in [0.1, 0.15) is 11.2 Å². The fourth-order valence-electron chi connectivity index (χ4n) is 8.91. The maximum absolute atomic E-state index is 6.47. The predicted molar refractivity (Wildman–Crippen MR) is 242 cm³/mol.